The smallest absolute Gasteiger partial charge is 0.261 e. The molecule has 0 aromatic heterocycles. The second-order valence-electron chi connectivity index (χ2n) is 7.71. The fourth-order valence-corrected chi connectivity index (χ4v) is 4.34. The molecule has 2 aromatic rings. The van der Waals surface area contributed by atoms with Crippen LogP contribution in [0.3, 0.4) is 0 Å². The van der Waals surface area contributed by atoms with Gasteiger partial charge in [-0.2, -0.15) is 0 Å². The zero-order valence-electron chi connectivity index (χ0n) is 17.6. The van der Waals surface area contributed by atoms with Crippen molar-refractivity contribution in [2.45, 2.75) is 31.6 Å². The van der Waals surface area contributed by atoms with Gasteiger partial charge in [0.1, 0.15) is 12.4 Å². The lowest BCUT2D eigenvalue weighted by Crippen LogP contribution is -2.37. The van der Waals surface area contributed by atoms with E-state index in [2.05, 4.69) is 4.72 Å². The van der Waals surface area contributed by atoms with Crippen molar-refractivity contribution in [3.05, 3.63) is 48.0 Å². The van der Waals surface area contributed by atoms with Crippen LogP contribution in [0.5, 0.6) is 5.75 Å². The quantitative estimate of drug-likeness (QED) is 0.691. The maximum absolute atomic E-state index is 12.8. The van der Waals surface area contributed by atoms with Crippen LogP contribution in [-0.2, 0) is 26.0 Å². The third kappa shape index (κ3) is 5.31. The van der Waals surface area contributed by atoms with E-state index in [9.17, 15) is 13.2 Å². The summed E-state index contributed by atoms with van der Waals surface area (Å²) < 4.78 is 38.8. The molecule has 1 heterocycles. The van der Waals surface area contributed by atoms with Crippen LogP contribution in [0, 0.1) is 5.92 Å². The number of fused-ring (bicyclic) bond motifs is 1. The van der Waals surface area contributed by atoms with E-state index in [0.29, 0.717) is 30.5 Å². The van der Waals surface area contributed by atoms with Crippen molar-refractivity contribution in [2.24, 2.45) is 5.92 Å². The van der Waals surface area contributed by atoms with Crippen LogP contribution in [0.1, 0.15) is 25.8 Å². The Labute approximate surface area is 178 Å². The molecule has 0 spiro atoms. The van der Waals surface area contributed by atoms with Crippen LogP contribution >= 0.6 is 0 Å². The summed E-state index contributed by atoms with van der Waals surface area (Å²) in [4.78, 5) is 14.2. The Morgan fingerprint density at radius 1 is 1.17 bits per heavy atom. The van der Waals surface area contributed by atoms with Crippen molar-refractivity contribution < 1.29 is 22.7 Å². The van der Waals surface area contributed by atoms with E-state index in [1.807, 2.05) is 19.9 Å². The monoisotopic (exact) mass is 432 g/mol. The minimum absolute atomic E-state index is 0.0133. The number of benzene rings is 2. The van der Waals surface area contributed by atoms with Crippen molar-refractivity contribution in [2.75, 3.05) is 36.5 Å². The Bertz CT molecular complexity index is 987. The summed E-state index contributed by atoms with van der Waals surface area (Å²) in [5, 5.41) is 0. The standard InChI is InChI=1S/C22H28N2O5S/c1-16(2)14-29-19-8-10-20(11-9-19)30(26,27)23-18-7-6-17-5-4-12-24(21(17)13-18)22(25)15-28-3/h6-11,13,16,23H,4-5,12,14-15H2,1-3H3. The Balaban J connectivity index is 1.78. The van der Waals surface area contributed by atoms with Crippen molar-refractivity contribution in [1.29, 1.82) is 0 Å². The second-order valence-corrected chi connectivity index (χ2v) is 9.39. The predicted molar refractivity (Wildman–Crippen MR) is 117 cm³/mol. The zero-order chi connectivity index (χ0) is 21.7. The molecule has 30 heavy (non-hydrogen) atoms. The summed E-state index contributed by atoms with van der Waals surface area (Å²) in [5.74, 6) is 0.869. The summed E-state index contributed by atoms with van der Waals surface area (Å²) in [6, 6.07) is 11.6. The molecule has 0 aliphatic carbocycles. The average Bonchev–Trinajstić information content (AvgIpc) is 2.72. The number of sulfonamides is 1. The van der Waals surface area contributed by atoms with Gasteiger partial charge in [0.25, 0.3) is 15.9 Å². The molecule has 1 N–H and O–H groups in total. The highest BCUT2D eigenvalue weighted by Gasteiger charge is 2.23. The van der Waals surface area contributed by atoms with Gasteiger partial charge in [0.15, 0.2) is 0 Å². The number of amides is 1. The molecule has 0 radical (unpaired) electrons. The van der Waals surface area contributed by atoms with Crippen LogP contribution in [0.25, 0.3) is 0 Å². The lowest BCUT2D eigenvalue weighted by molar-refractivity contribution is -0.122. The number of carbonyl (C=O) groups excluding carboxylic acids is 1. The number of ether oxygens (including phenoxy) is 2. The van der Waals surface area contributed by atoms with Crippen LogP contribution in [0.15, 0.2) is 47.4 Å². The molecular weight excluding hydrogens is 404 g/mol. The molecular formula is C22H28N2O5S. The van der Waals surface area contributed by atoms with Gasteiger partial charge in [-0.3, -0.25) is 9.52 Å². The number of anilines is 2. The maximum atomic E-state index is 12.8. The van der Waals surface area contributed by atoms with Crippen LogP contribution in [0.4, 0.5) is 11.4 Å². The highest BCUT2D eigenvalue weighted by molar-refractivity contribution is 7.92. The molecule has 1 aliphatic heterocycles. The lowest BCUT2D eigenvalue weighted by atomic mass is 10.0. The van der Waals surface area contributed by atoms with Crippen LogP contribution in [0.2, 0.25) is 0 Å². The molecule has 1 amide bonds. The number of methoxy groups -OCH3 is 1. The zero-order valence-corrected chi connectivity index (χ0v) is 18.4. The lowest BCUT2D eigenvalue weighted by Gasteiger charge is -2.30. The molecule has 0 bridgehead atoms. The Morgan fingerprint density at radius 2 is 1.90 bits per heavy atom. The first-order valence-electron chi connectivity index (χ1n) is 9.98. The van der Waals surface area contributed by atoms with Gasteiger partial charge in [-0.25, -0.2) is 8.42 Å². The van der Waals surface area contributed by atoms with Gasteiger partial charge in [-0.1, -0.05) is 19.9 Å². The first-order valence-corrected chi connectivity index (χ1v) is 11.5. The normalized spacial score (nSPS) is 13.8. The topological polar surface area (TPSA) is 84.9 Å². The molecule has 3 rings (SSSR count). The minimum Gasteiger partial charge on any atom is -0.493 e. The minimum atomic E-state index is -3.77. The number of nitrogens with one attached hydrogen (secondary N) is 1. The second kappa shape index (κ2) is 9.49. The van der Waals surface area contributed by atoms with E-state index < -0.39 is 10.0 Å². The first kappa shape index (κ1) is 22.1. The van der Waals surface area contributed by atoms with E-state index in [1.165, 1.54) is 19.2 Å². The van der Waals surface area contributed by atoms with Crippen molar-refractivity contribution in [3.63, 3.8) is 0 Å². The summed E-state index contributed by atoms with van der Waals surface area (Å²) in [6.07, 6.45) is 1.70. The molecule has 2 aromatic carbocycles. The van der Waals surface area contributed by atoms with Gasteiger partial charge in [0, 0.05) is 19.3 Å². The molecule has 1 aliphatic rings. The van der Waals surface area contributed by atoms with Gasteiger partial charge in [0.2, 0.25) is 0 Å². The van der Waals surface area contributed by atoms with Crippen molar-refractivity contribution >= 4 is 27.3 Å². The van der Waals surface area contributed by atoms with Crippen molar-refractivity contribution in [3.8, 4) is 5.75 Å². The maximum Gasteiger partial charge on any atom is 0.261 e. The van der Waals surface area contributed by atoms with Gasteiger partial charge in [0.05, 0.1) is 17.2 Å². The first-order chi connectivity index (χ1) is 14.3. The largest absolute Gasteiger partial charge is 0.493 e. The SMILES string of the molecule is COCC(=O)N1CCCc2ccc(NS(=O)(=O)c3ccc(OCC(C)C)cc3)cc21. The van der Waals surface area contributed by atoms with Gasteiger partial charge in [-0.05, 0) is 60.7 Å². The molecule has 0 saturated heterocycles. The van der Waals surface area contributed by atoms with E-state index in [-0.39, 0.29) is 17.4 Å². The fourth-order valence-electron chi connectivity index (χ4n) is 3.29. The Morgan fingerprint density at radius 3 is 2.57 bits per heavy atom. The summed E-state index contributed by atoms with van der Waals surface area (Å²) in [5.41, 5.74) is 2.15. The number of carbonyl (C=O) groups is 1. The molecule has 0 saturated carbocycles. The number of rotatable bonds is 8. The number of hydrogen-bond donors (Lipinski definition) is 1. The summed E-state index contributed by atoms with van der Waals surface area (Å²) in [6.45, 7) is 5.23. The fraction of sp³-hybridized carbons (Fsp3) is 0.409. The van der Waals surface area contributed by atoms with E-state index in [1.54, 1.807) is 29.2 Å². The number of aryl methyl sites for hydroxylation is 1. The molecule has 162 valence electrons. The van der Waals surface area contributed by atoms with E-state index >= 15 is 0 Å². The molecule has 0 fully saturated rings. The van der Waals surface area contributed by atoms with Crippen LogP contribution < -0.4 is 14.4 Å². The van der Waals surface area contributed by atoms with E-state index in [0.717, 1.165) is 24.1 Å². The average molecular weight is 433 g/mol. The third-order valence-corrected chi connectivity index (χ3v) is 6.14. The highest BCUT2D eigenvalue weighted by Crippen LogP contribution is 2.31. The molecule has 0 atom stereocenters. The van der Waals surface area contributed by atoms with Crippen molar-refractivity contribution in [1.82, 2.24) is 0 Å². The number of hydrogen-bond acceptors (Lipinski definition) is 5. The van der Waals surface area contributed by atoms with E-state index in [4.69, 9.17) is 9.47 Å². The molecule has 8 heteroatoms. The third-order valence-electron chi connectivity index (χ3n) is 4.74. The van der Waals surface area contributed by atoms with Crippen LogP contribution in [-0.4, -0.2) is 41.2 Å². The molecule has 7 nitrogen and oxygen atoms in total. The summed E-state index contributed by atoms with van der Waals surface area (Å²) in [7, 11) is -2.29. The number of nitrogens with zero attached hydrogens (tertiary/aromatic N) is 1. The molecule has 0 unspecified atom stereocenters. The van der Waals surface area contributed by atoms with Gasteiger partial charge < -0.3 is 14.4 Å². The van der Waals surface area contributed by atoms with Gasteiger partial charge >= 0.3 is 0 Å². The highest BCUT2D eigenvalue weighted by atomic mass is 32.2. The van der Waals surface area contributed by atoms with Gasteiger partial charge in [-0.15, -0.1) is 0 Å². The predicted octanol–water partition coefficient (Wildman–Crippen LogP) is 3.45. The Kier molecular flexibility index (Phi) is 6.99. The summed E-state index contributed by atoms with van der Waals surface area (Å²) >= 11 is 0. The Hall–Kier alpha value is -2.58.